The number of nitrogens with zero attached hydrogens (tertiary/aromatic N) is 3. The Morgan fingerprint density at radius 2 is 2.25 bits per heavy atom. The number of nitrogens with one attached hydrogen (secondary N) is 1. The van der Waals surface area contributed by atoms with Crippen LogP contribution in [0.1, 0.15) is 53.6 Å². The second-order valence-electron chi connectivity index (χ2n) is 6.44. The first-order valence-corrected chi connectivity index (χ1v) is 9.39. The SMILES string of the molecule is C[C@@H](NCc1cnc(C2CCC2)s1)c1cccc(-n2cccn2)c1. The lowest BCUT2D eigenvalue weighted by Gasteiger charge is -2.22. The highest BCUT2D eigenvalue weighted by Crippen LogP contribution is 2.38. The second kappa shape index (κ2) is 6.87. The van der Waals surface area contributed by atoms with Crippen LogP contribution in [-0.4, -0.2) is 14.8 Å². The Bertz CT molecular complexity index is 789. The van der Waals surface area contributed by atoms with Gasteiger partial charge >= 0.3 is 0 Å². The van der Waals surface area contributed by atoms with Crippen molar-refractivity contribution in [2.45, 2.75) is 44.7 Å². The Kier molecular flexibility index (Phi) is 4.45. The molecular formula is C19H22N4S. The van der Waals surface area contributed by atoms with Crippen LogP contribution in [0.4, 0.5) is 0 Å². The zero-order valence-corrected chi connectivity index (χ0v) is 14.7. The van der Waals surface area contributed by atoms with Gasteiger partial charge in [-0.25, -0.2) is 9.67 Å². The molecule has 24 heavy (non-hydrogen) atoms. The van der Waals surface area contributed by atoms with Gasteiger partial charge in [-0.3, -0.25) is 0 Å². The number of hydrogen-bond donors (Lipinski definition) is 1. The van der Waals surface area contributed by atoms with E-state index >= 15 is 0 Å². The second-order valence-corrected chi connectivity index (χ2v) is 7.59. The summed E-state index contributed by atoms with van der Waals surface area (Å²) in [6.07, 6.45) is 9.81. The topological polar surface area (TPSA) is 42.7 Å². The molecule has 0 saturated heterocycles. The monoisotopic (exact) mass is 338 g/mol. The molecule has 4 rings (SSSR count). The minimum Gasteiger partial charge on any atom is -0.305 e. The molecule has 124 valence electrons. The van der Waals surface area contributed by atoms with Gasteiger partial charge in [-0.2, -0.15) is 5.10 Å². The van der Waals surface area contributed by atoms with E-state index in [0.29, 0.717) is 0 Å². The van der Waals surface area contributed by atoms with Crippen LogP contribution in [0, 0.1) is 0 Å². The highest BCUT2D eigenvalue weighted by atomic mass is 32.1. The van der Waals surface area contributed by atoms with E-state index in [2.05, 4.69) is 46.6 Å². The van der Waals surface area contributed by atoms with E-state index in [1.807, 2.05) is 34.5 Å². The van der Waals surface area contributed by atoms with Crippen LogP contribution in [-0.2, 0) is 6.54 Å². The molecule has 2 heterocycles. The highest BCUT2D eigenvalue weighted by Gasteiger charge is 2.22. The quantitative estimate of drug-likeness (QED) is 0.722. The first-order chi connectivity index (χ1) is 11.8. The Labute approximate surface area is 146 Å². The summed E-state index contributed by atoms with van der Waals surface area (Å²) in [7, 11) is 0. The zero-order valence-electron chi connectivity index (χ0n) is 13.9. The molecule has 0 amide bonds. The lowest BCUT2D eigenvalue weighted by Crippen LogP contribution is -2.17. The lowest BCUT2D eigenvalue weighted by molar-refractivity contribution is 0.418. The van der Waals surface area contributed by atoms with Crippen molar-refractivity contribution in [3.63, 3.8) is 0 Å². The Hall–Kier alpha value is -1.98. The van der Waals surface area contributed by atoms with E-state index in [0.717, 1.165) is 18.2 Å². The largest absolute Gasteiger partial charge is 0.305 e. The summed E-state index contributed by atoms with van der Waals surface area (Å²) in [5.41, 5.74) is 2.36. The molecule has 4 nitrogen and oxygen atoms in total. The highest BCUT2D eigenvalue weighted by molar-refractivity contribution is 7.11. The van der Waals surface area contributed by atoms with Crippen molar-refractivity contribution in [2.75, 3.05) is 0 Å². The number of benzene rings is 1. The third kappa shape index (κ3) is 3.28. The predicted octanol–water partition coefficient (Wildman–Crippen LogP) is 4.45. The van der Waals surface area contributed by atoms with Crippen LogP contribution in [0.15, 0.2) is 48.9 Å². The van der Waals surface area contributed by atoms with Gasteiger partial charge < -0.3 is 5.32 Å². The van der Waals surface area contributed by atoms with Crippen molar-refractivity contribution in [3.8, 4) is 5.69 Å². The first-order valence-electron chi connectivity index (χ1n) is 8.57. The van der Waals surface area contributed by atoms with E-state index in [9.17, 15) is 0 Å². The van der Waals surface area contributed by atoms with Gasteiger partial charge in [-0.05, 0) is 43.5 Å². The average molecular weight is 338 g/mol. The molecule has 0 spiro atoms. The summed E-state index contributed by atoms with van der Waals surface area (Å²) >= 11 is 1.87. The molecule has 1 fully saturated rings. The van der Waals surface area contributed by atoms with Gasteiger partial charge in [0.1, 0.15) is 0 Å². The molecule has 1 aliphatic carbocycles. The molecule has 1 N–H and O–H groups in total. The average Bonchev–Trinajstić information content (AvgIpc) is 3.23. The number of rotatable bonds is 6. The standard InChI is InChI=1S/C19H22N4S/c1-14(16-7-3-8-17(11-16)23-10-4-9-22-23)20-12-18-13-21-19(24-18)15-5-2-6-15/h3-4,7-11,13-15,20H,2,5-6,12H2,1H3/t14-/m1/s1. The molecule has 1 aromatic carbocycles. The summed E-state index contributed by atoms with van der Waals surface area (Å²) in [4.78, 5) is 5.93. The number of aromatic nitrogens is 3. The third-order valence-electron chi connectivity index (χ3n) is 4.75. The van der Waals surface area contributed by atoms with E-state index in [1.54, 1.807) is 6.20 Å². The predicted molar refractivity (Wildman–Crippen MR) is 97.5 cm³/mol. The van der Waals surface area contributed by atoms with Gasteiger partial charge in [0.15, 0.2) is 0 Å². The van der Waals surface area contributed by atoms with Crippen LogP contribution in [0.3, 0.4) is 0 Å². The van der Waals surface area contributed by atoms with Crippen LogP contribution < -0.4 is 5.32 Å². The van der Waals surface area contributed by atoms with Crippen molar-refractivity contribution in [2.24, 2.45) is 0 Å². The summed E-state index contributed by atoms with van der Waals surface area (Å²) in [6, 6.07) is 10.8. The maximum Gasteiger partial charge on any atom is 0.0959 e. The van der Waals surface area contributed by atoms with Crippen molar-refractivity contribution in [3.05, 3.63) is 64.4 Å². The number of thiazole rings is 1. The summed E-state index contributed by atoms with van der Waals surface area (Å²) in [6.45, 7) is 3.08. The molecule has 1 atom stereocenters. The summed E-state index contributed by atoms with van der Waals surface area (Å²) in [5, 5.41) is 9.25. The molecular weight excluding hydrogens is 316 g/mol. The Balaban J connectivity index is 1.40. The van der Waals surface area contributed by atoms with Gasteiger partial charge in [-0.1, -0.05) is 18.6 Å². The zero-order chi connectivity index (χ0) is 16.4. The minimum absolute atomic E-state index is 0.287. The normalized spacial score (nSPS) is 16.0. The van der Waals surface area contributed by atoms with Crippen molar-refractivity contribution in [1.29, 1.82) is 0 Å². The Morgan fingerprint density at radius 3 is 3.00 bits per heavy atom. The maximum absolute atomic E-state index is 4.60. The van der Waals surface area contributed by atoms with Crippen LogP contribution in [0.25, 0.3) is 5.69 Å². The summed E-state index contributed by atoms with van der Waals surface area (Å²) < 4.78 is 1.89. The van der Waals surface area contributed by atoms with Crippen LogP contribution in [0.5, 0.6) is 0 Å². The molecule has 3 aromatic rings. The van der Waals surface area contributed by atoms with Gasteiger partial charge in [0, 0.05) is 42.0 Å². The van der Waals surface area contributed by atoms with Crippen molar-refractivity contribution in [1.82, 2.24) is 20.1 Å². The van der Waals surface area contributed by atoms with Gasteiger partial charge in [-0.15, -0.1) is 11.3 Å². The van der Waals surface area contributed by atoms with E-state index < -0.39 is 0 Å². The smallest absolute Gasteiger partial charge is 0.0959 e. The van der Waals surface area contributed by atoms with E-state index in [1.165, 1.54) is 34.7 Å². The Morgan fingerprint density at radius 1 is 1.33 bits per heavy atom. The minimum atomic E-state index is 0.287. The molecule has 0 bridgehead atoms. The molecule has 0 unspecified atom stereocenters. The molecule has 5 heteroatoms. The summed E-state index contributed by atoms with van der Waals surface area (Å²) in [5.74, 6) is 0.729. The van der Waals surface area contributed by atoms with Crippen LogP contribution in [0.2, 0.25) is 0 Å². The van der Waals surface area contributed by atoms with Gasteiger partial charge in [0.2, 0.25) is 0 Å². The van der Waals surface area contributed by atoms with Crippen molar-refractivity contribution < 1.29 is 0 Å². The van der Waals surface area contributed by atoms with Gasteiger partial charge in [0.25, 0.3) is 0 Å². The fourth-order valence-corrected chi connectivity index (χ4v) is 4.02. The first kappa shape index (κ1) is 15.5. The van der Waals surface area contributed by atoms with Gasteiger partial charge in [0.05, 0.1) is 10.7 Å². The molecule has 1 aliphatic rings. The molecule has 2 aromatic heterocycles. The fourth-order valence-electron chi connectivity index (χ4n) is 2.98. The van der Waals surface area contributed by atoms with Crippen molar-refractivity contribution >= 4 is 11.3 Å². The lowest BCUT2D eigenvalue weighted by atomic mass is 9.86. The van der Waals surface area contributed by atoms with Crippen LogP contribution >= 0.6 is 11.3 Å². The molecule has 0 radical (unpaired) electrons. The molecule has 1 saturated carbocycles. The van der Waals surface area contributed by atoms with E-state index in [-0.39, 0.29) is 6.04 Å². The fraction of sp³-hybridized carbons (Fsp3) is 0.368. The molecule has 0 aliphatic heterocycles. The van der Waals surface area contributed by atoms with E-state index in [4.69, 9.17) is 0 Å². The maximum atomic E-state index is 4.60. The number of hydrogen-bond acceptors (Lipinski definition) is 4. The third-order valence-corrected chi connectivity index (χ3v) is 5.91.